The zero-order valence-corrected chi connectivity index (χ0v) is 25.9. The molecule has 0 spiro atoms. The lowest BCUT2D eigenvalue weighted by Crippen LogP contribution is -2.41. The second-order valence-corrected chi connectivity index (χ2v) is 12.0. The number of carbonyl (C=O) groups excluding carboxylic acids is 4. The Morgan fingerprint density at radius 1 is 0.500 bits per heavy atom. The Morgan fingerprint density at radius 2 is 0.920 bits per heavy atom. The van der Waals surface area contributed by atoms with Crippen LogP contribution in [-0.2, 0) is 17.8 Å². The lowest BCUT2D eigenvalue weighted by Gasteiger charge is -2.33. The Kier molecular flexibility index (Phi) is 7.58. The van der Waals surface area contributed by atoms with Crippen LogP contribution in [0.5, 0.6) is 0 Å². The minimum Gasteiger partial charge on any atom is -0.277 e. The number of anilines is 1. The van der Waals surface area contributed by atoms with Crippen molar-refractivity contribution in [1.82, 2.24) is 4.90 Å². The molecule has 15 heteroatoms. The van der Waals surface area contributed by atoms with Crippen molar-refractivity contribution in [2.24, 2.45) is 0 Å². The van der Waals surface area contributed by atoms with Gasteiger partial charge in [-0.05, 0) is 78.6 Å². The first-order chi connectivity index (χ1) is 23.1. The molecule has 258 valence electrons. The first-order valence-corrected chi connectivity index (χ1v) is 14.5. The van der Waals surface area contributed by atoms with E-state index < -0.39 is 97.8 Å². The third-order valence-corrected chi connectivity index (χ3v) is 9.04. The van der Waals surface area contributed by atoms with Crippen LogP contribution in [-0.4, -0.2) is 41.8 Å². The van der Waals surface area contributed by atoms with Crippen LogP contribution in [0.25, 0.3) is 11.1 Å². The van der Waals surface area contributed by atoms with Gasteiger partial charge in [-0.15, -0.1) is 0 Å². The highest BCUT2D eigenvalue weighted by atomic mass is 19.4. The Labute approximate surface area is 276 Å². The fourth-order valence-corrected chi connectivity index (χ4v) is 6.22. The lowest BCUT2D eigenvalue weighted by atomic mass is 9.74. The van der Waals surface area contributed by atoms with Crippen molar-refractivity contribution >= 4 is 29.3 Å². The molecule has 2 aliphatic rings. The molecular weight excluding hydrogens is 683 g/mol. The molecule has 0 aromatic heterocycles. The van der Waals surface area contributed by atoms with Crippen LogP contribution in [0, 0.1) is 6.92 Å². The van der Waals surface area contributed by atoms with Crippen LogP contribution in [0.3, 0.4) is 0 Å². The maximum Gasteiger partial charge on any atom is 0.417 e. The molecule has 2 heterocycles. The van der Waals surface area contributed by atoms with Crippen LogP contribution in [0.4, 0.5) is 45.2 Å². The van der Waals surface area contributed by atoms with E-state index in [0.717, 1.165) is 67.4 Å². The number of nitrogens with zero attached hydrogens (tertiary/aromatic N) is 2. The molecule has 0 aliphatic carbocycles. The molecule has 0 saturated carbocycles. The third kappa shape index (κ3) is 5.13. The van der Waals surface area contributed by atoms with Gasteiger partial charge in [0.1, 0.15) is 5.41 Å². The number of carbonyl (C=O) groups is 4. The summed E-state index contributed by atoms with van der Waals surface area (Å²) in [5.41, 5.74) is -10.5. The predicted octanol–water partition coefficient (Wildman–Crippen LogP) is 8.59. The third-order valence-electron chi connectivity index (χ3n) is 9.04. The van der Waals surface area contributed by atoms with E-state index in [4.69, 9.17) is 0 Å². The van der Waals surface area contributed by atoms with Crippen molar-refractivity contribution in [1.29, 1.82) is 0 Å². The first-order valence-electron chi connectivity index (χ1n) is 14.5. The van der Waals surface area contributed by atoms with Gasteiger partial charge < -0.3 is 0 Å². The number of alkyl halides is 9. The van der Waals surface area contributed by atoms with E-state index in [1.54, 1.807) is 0 Å². The monoisotopic (exact) mass is 704 g/mol. The second kappa shape index (κ2) is 11.0. The standard InChI is InChI=1S/C35H21F9N2O4/c1-16-4-8-20(26(12-16)33(36,37)38)21-11-7-19(15-27(21)34(39,40)41)46-30(49)23-10-6-18(14-25(23)31(46)50)32(2,35(42,43)44)17-5-9-22-24(13-17)29(48)45(3)28(22)47/h4-15H,1-3H3/t32-/m1/s1. The number of benzene rings is 4. The van der Waals surface area contributed by atoms with Gasteiger partial charge >= 0.3 is 18.5 Å². The van der Waals surface area contributed by atoms with E-state index in [1.165, 1.54) is 13.0 Å². The molecule has 6 rings (SSSR count). The average Bonchev–Trinajstić information content (AvgIpc) is 3.41. The van der Waals surface area contributed by atoms with Gasteiger partial charge in [0.05, 0.1) is 39.1 Å². The SMILES string of the molecule is Cc1ccc(-c2ccc(N3C(=O)c4ccc([C@@](C)(c5ccc6c(c5)C(=O)N(C)C6=O)C(F)(F)F)cc4C3=O)cc2C(F)(F)F)c(C(F)(F)F)c1. The lowest BCUT2D eigenvalue weighted by molar-refractivity contribution is -0.173. The molecule has 4 aromatic rings. The van der Waals surface area contributed by atoms with Crippen molar-refractivity contribution in [2.45, 2.75) is 37.8 Å². The summed E-state index contributed by atoms with van der Waals surface area (Å²) in [6.07, 6.45) is -15.4. The van der Waals surface area contributed by atoms with Gasteiger partial charge in [0.25, 0.3) is 23.6 Å². The highest BCUT2D eigenvalue weighted by Gasteiger charge is 2.55. The number of fused-ring (bicyclic) bond motifs is 2. The molecular formula is C35H21F9N2O4. The Bertz CT molecular complexity index is 2170. The van der Waals surface area contributed by atoms with Gasteiger partial charge in [-0.1, -0.05) is 35.9 Å². The van der Waals surface area contributed by atoms with Crippen molar-refractivity contribution in [3.8, 4) is 11.1 Å². The van der Waals surface area contributed by atoms with E-state index in [2.05, 4.69) is 0 Å². The quantitative estimate of drug-likeness (QED) is 0.158. The fraction of sp³-hybridized carbons (Fsp3) is 0.200. The number of hydrogen-bond donors (Lipinski definition) is 0. The molecule has 50 heavy (non-hydrogen) atoms. The van der Waals surface area contributed by atoms with Crippen LogP contribution < -0.4 is 4.90 Å². The van der Waals surface area contributed by atoms with Crippen LogP contribution >= 0.6 is 0 Å². The fourth-order valence-electron chi connectivity index (χ4n) is 6.22. The summed E-state index contributed by atoms with van der Waals surface area (Å²) in [6, 6.07) is 10.2. The number of rotatable bonds is 4. The molecule has 4 amide bonds. The summed E-state index contributed by atoms with van der Waals surface area (Å²) in [5, 5.41) is 0. The smallest absolute Gasteiger partial charge is 0.277 e. The van der Waals surface area contributed by atoms with E-state index in [9.17, 15) is 58.7 Å². The largest absolute Gasteiger partial charge is 0.417 e. The van der Waals surface area contributed by atoms with Gasteiger partial charge in [-0.25, -0.2) is 4.90 Å². The highest BCUT2D eigenvalue weighted by molar-refractivity contribution is 6.34. The average molecular weight is 705 g/mol. The van der Waals surface area contributed by atoms with E-state index in [0.29, 0.717) is 23.1 Å². The van der Waals surface area contributed by atoms with E-state index >= 15 is 0 Å². The van der Waals surface area contributed by atoms with Crippen LogP contribution in [0.1, 0.15) is 76.2 Å². The number of hydrogen-bond acceptors (Lipinski definition) is 4. The molecule has 4 aromatic carbocycles. The van der Waals surface area contributed by atoms with Crippen molar-refractivity contribution in [3.05, 3.63) is 123 Å². The van der Waals surface area contributed by atoms with Crippen LogP contribution in [0.2, 0.25) is 0 Å². The maximum atomic E-state index is 14.9. The minimum absolute atomic E-state index is 0.114. The number of amides is 4. The molecule has 0 bridgehead atoms. The van der Waals surface area contributed by atoms with Gasteiger partial charge in [-0.3, -0.25) is 24.1 Å². The predicted molar refractivity (Wildman–Crippen MR) is 160 cm³/mol. The van der Waals surface area contributed by atoms with Gasteiger partial charge in [-0.2, -0.15) is 39.5 Å². The zero-order chi connectivity index (χ0) is 36.9. The van der Waals surface area contributed by atoms with Gasteiger partial charge in [0, 0.05) is 7.05 Å². The molecule has 6 nitrogen and oxygen atoms in total. The Balaban J connectivity index is 1.44. The molecule has 0 radical (unpaired) electrons. The molecule has 0 unspecified atom stereocenters. The molecule has 1 atom stereocenters. The first kappa shape index (κ1) is 34.4. The summed E-state index contributed by atoms with van der Waals surface area (Å²) in [7, 11) is 1.16. The summed E-state index contributed by atoms with van der Waals surface area (Å²) >= 11 is 0. The maximum absolute atomic E-state index is 14.9. The van der Waals surface area contributed by atoms with Gasteiger partial charge in [0.2, 0.25) is 0 Å². The van der Waals surface area contributed by atoms with Crippen molar-refractivity contribution < 1.29 is 58.7 Å². The van der Waals surface area contributed by atoms with E-state index in [1.807, 2.05) is 0 Å². The number of halogens is 9. The summed E-state index contributed by atoms with van der Waals surface area (Å²) in [5.74, 6) is -4.00. The molecule has 0 N–H and O–H groups in total. The highest BCUT2D eigenvalue weighted by Crippen LogP contribution is 2.49. The number of imide groups is 2. The van der Waals surface area contributed by atoms with Crippen molar-refractivity contribution in [3.63, 3.8) is 0 Å². The molecule has 0 fully saturated rings. The zero-order valence-electron chi connectivity index (χ0n) is 25.9. The summed E-state index contributed by atoms with van der Waals surface area (Å²) in [6.45, 7) is 2.08. The summed E-state index contributed by atoms with van der Waals surface area (Å²) in [4.78, 5) is 52.9. The van der Waals surface area contributed by atoms with Gasteiger partial charge in [0.15, 0.2) is 0 Å². The molecule has 0 saturated heterocycles. The summed E-state index contributed by atoms with van der Waals surface area (Å²) < 4.78 is 129. The van der Waals surface area contributed by atoms with Crippen molar-refractivity contribution in [2.75, 3.05) is 11.9 Å². The van der Waals surface area contributed by atoms with Crippen LogP contribution in [0.15, 0.2) is 72.8 Å². The Hall–Kier alpha value is -5.47. The Morgan fingerprint density at radius 3 is 1.44 bits per heavy atom. The normalized spacial score (nSPS) is 16.2. The van der Waals surface area contributed by atoms with E-state index in [-0.39, 0.29) is 16.7 Å². The molecule has 2 aliphatic heterocycles. The minimum atomic E-state index is -5.27. The number of aryl methyl sites for hydroxylation is 1. The second-order valence-electron chi connectivity index (χ2n) is 12.0. The topological polar surface area (TPSA) is 74.8 Å².